The van der Waals surface area contributed by atoms with E-state index in [1.807, 2.05) is 24.3 Å². The molecule has 4 nitrogen and oxygen atoms in total. The normalized spacial score (nSPS) is 35.0. The molecule has 2 aliphatic heterocycles. The van der Waals surface area contributed by atoms with Gasteiger partial charge in [0.15, 0.2) is 0 Å². The second-order valence-electron chi connectivity index (χ2n) is 7.34. The van der Waals surface area contributed by atoms with Gasteiger partial charge in [0.1, 0.15) is 5.75 Å². The summed E-state index contributed by atoms with van der Waals surface area (Å²) in [5, 5.41) is 12.1. The molecule has 2 aromatic rings. The fraction of sp³-hybridized carbons (Fsp3) is 0.450. The van der Waals surface area contributed by atoms with Crippen molar-refractivity contribution in [1.29, 1.82) is 0 Å². The van der Waals surface area contributed by atoms with Crippen LogP contribution in [0.2, 0.25) is 0 Å². The third-order valence-corrected chi connectivity index (χ3v) is 6.62. The molecule has 5 rings (SSSR count). The standard InChI is InChI=1S/C20H22N2O2/c1-3-15-16-7-9-22-18(11-20(15,16)22)19(23)13-6-8-21-17-5-4-12(24-2)10-14(13)17/h3-6,8,10,15-16,18-19,23H,1,7,9,11H2,2H3/t15?,16?,18?,19-,20?/m1/s1. The van der Waals surface area contributed by atoms with Gasteiger partial charge in [0.25, 0.3) is 0 Å². The number of rotatable bonds is 4. The lowest BCUT2D eigenvalue weighted by Crippen LogP contribution is -2.59. The smallest absolute Gasteiger partial charge is 0.119 e. The maximum atomic E-state index is 11.1. The van der Waals surface area contributed by atoms with Gasteiger partial charge in [-0.3, -0.25) is 9.88 Å². The Bertz CT molecular complexity index is 835. The van der Waals surface area contributed by atoms with Crippen molar-refractivity contribution in [3.05, 3.63) is 48.7 Å². The van der Waals surface area contributed by atoms with Crippen LogP contribution >= 0.6 is 0 Å². The van der Waals surface area contributed by atoms with E-state index in [4.69, 9.17) is 4.74 Å². The van der Waals surface area contributed by atoms with Gasteiger partial charge in [-0.2, -0.15) is 0 Å². The highest BCUT2D eigenvalue weighted by molar-refractivity contribution is 5.84. The zero-order chi connectivity index (χ0) is 16.5. The summed E-state index contributed by atoms with van der Waals surface area (Å²) >= 11 is 0. The van der Waals surface area contributed by atoms with Crippen LogP contribution in [0, 0.1) is 11.8 Å². The van der Waals surface area contributed by atoms with Crippen molar-refractivity contribution in [1.82, 2.24) is 9.88 Å². The Morgan fingerprint density at radius 3 is 3.08 bits per heavy atom. The van der Waals surface area contributed by atoms with Gasteiger partial charge in [0, 0.05) is 23.2 Å². The molecule has 2 saturated heterocycles. The molecule has 4 heteroatoms. The molecule has 0 radical (unpaired) electrons. The summed E-state index contributed by atoms with van der Waals surface area (Å²) in [6, 6.07) is 7.99. The first-order chi connectivity index (χ1) is 11.7. The molecule has 1 aliphatic carbocycles. The molecule has 4 unspecified atom stereocenters. The lowest BCUT2D eigenvalue weighted by molar-refractivity contribution is -0.0656. The number of nitrogens with zero attached hydrogens (tertiary/aromatic N) is 2. The first kappa shape index (κ1) is 14.4. The molecule has 1 aromatic carbocycles. The number of piperidine rings is 1. The molecule has 0 bridgehead atoms. The van der Waals surface area contributed by atoms with E-state index in [1.165, 1.54) is 6.42 Å². The summed E-state index contributed by atoms with van der Waals surface area (Å²) in [4.78, 5) is 6.95. The SMILES string of the molecule is C=CC1C2CCN3C([C@H](O)c4ccnc5ccc(OC)cc45)CC123. The maximum absolute atomic E-state index is 11.1. The van der Waals surface area contributed by atoms with E-state index in [9.17, 15) is 5.11 Å². The van der Waals surface area contributed by atoms with Crippen LogP contribution < -0.4 is 4.74 Å². The van der Waals surface area contributed by atoms with E-state index < -0.39 is 6.10 Å². The number of aliphatic hydroxyl groups excluding tert-OH is 1. The van der Waals surface area contributed by atoms with Gasteiger partial charge in [-0.25, -0.2) is 0 Å². The molecule has 5 atom stereocenters. The number of aromatic nitrogens is 1. The van der Waals surface area contributed by atoms with Gasteiger partial charge in [0.05, 0.1) is 18.7 Å². The Balaban J connectivity index is 1.49. The van der Waals surface area contributed by atoms with Gasteiger partial charge < -0.3 is 9.84 Å². The number of ether oxygens (including phenoxy) is 1. The molecule has 0 amide bonds. The summed E-state index contributed by atoms with van der Waals surface area (Å²) < 4.78 is 5.35. The van der Waals surface area contributed by atoms with Crippen LogP contribution in [0.1, 0.15) is 24.5 Å². The van der Waals surface area contributed by atoms with Crippen molar-refractivity contribution in [2.75, 3.05) is 13.7 Å². The summed E-state index contributed by atoms with van der Waals surface area (Å²) in [5.74, 6) is 2.20. The quantitative estimate of drug-likeness (QED) is 0.879. The van der Waals surface area contributed by atoms with E-state index in [2.05, 4.69) is 22.5 Å². The monoisotopic (exact) mass is 322 g/mol. The van der Waals surface area contributed by atoms with Crippen molar-refractivity contribution in [3.63, 3.8) is 0 Å². The summed E-state index contributed by atoms with van der Waals surface area (Å²) in [7, 11) is 1.66. The third-order valence-electron chi connectivity index (χ3n) is 6.62. The van der Waals surface area contributed by atoms with E-state index in [1.54, 1.807) is 13.3 Å². The topological polar surface area (TPSA) is 45.6 Å². The minimum atomic E-state index is -0.488. The zero-order valence-corrected chi connectivity index (χ0v) is 13.9. The van der Waals surface area contributed by atoms with Crippen LogP contribution in [0.25, 0.3) is 10.9 Å². The number of pyridine rings is 1. The van der Waals surface area contributed by atoms with Crippen molar-refractivity contribution in [2.24, 2.45) is 11.8 Å². The Morgan fingerprint density at radius 2 is 2.33 bits per heavy atom. The molecule has 24 heavy (non-hydrogen) atoms. The fourth-order valence-electron chi connectivity index (χ4n) is 5.46. The van der Waals surface area contributed by atoms with Crippen molar-refractivity contribution in [3.8, 4) is 5.75 Å². The second kappa shape index (κ2) is 4.80. The molecule has 124 valence electrons. The first-order valence-electron chi connectivity index (χ1n) is 8.70. The van der Waals surface area contributed by atoms with Crippen LogP contribution in [0.15, 0.2) is 43.1 Å². The van der Waals surface area contributed by atoms with Gasteiger partial charge >= 0.3 is 0 Å². The highest BCUT2D eigenvalue weighted by Gasteiger charge is 2.76. The number of hydrogen-bond donors (Lipinski definition) is 1. The zero-order valence-electron chi connectivity index (χ0n) is 13.9. The van der Waals surface area contributed by atoms with Crippen molar-refractivity contribution < 1.29 is 9.84 Å². The summed E-state index contributed by atoms with van der Waals surface area (Å²) in [6.45, 7) is 5.10. The molecule has 1 saturated carbocycles. The average Bonchev–Trinajstić information content (AvgIpc) is 3.18. The van der Waals surface area contributed by atoms with E-state index >= 15 is 0 Å². The predicted octanol–water partition coefficient (Wildman–Crippen LogP) is 2.93. The van der Waals surface area contributed by atoms with Gasteiger partial charge in [-0.05, 0) is 61.1 Å². The number of hydrogen-bond acceptors (Lipinski definition) is 4. The Morgan fingerprint density at radius 1 is 1.46 bits per heavy atom. The van der Waals surface area contributed by atoms with Crippen LogP contribution in [0.3, 0.4) is 0 Å². The van der Waals surface area contributed by atoms with Crippen LogP contribution in [-0.4, -0.2) is 40.2 Å². The number of benzene rings is 1. The van der Waals surface area contributed by atoms with E-state index in [-0.39, 0.29) is 6.04 Å². The minimum absolute atomic E-state index is 0.205. The molecular weight excluding hydrogens is 300 g/mol. The Labute approximate surface area is 141 Å². The summed E-state index contributed by atoms with van der Waals surface area (Å²) in [5.41, 5.74) is 2.18. The third kappa shape index (κ3) is 1.63. The second-order valence-corrected chi connectivity index (χ2v) is 7.34. The number of fused-ring (bicyclic) bond motifs is 1. The molecule has 1 aromatic heterocycles. The van der Waals surface area contributed by atoms with Gasteiger partial charge in [0.2, 0.25) is 0 Å². The van der Waals surface area contributed by atoms with Crippen LogP contribution in [-0.2, 0) is 0 Å². The van der Waals surface area contributed by atoms with Crippen molar-refractivity contribution >= 4 is 10.9 Å². The van der Waals surface area contributed by atoms with Crippen LogP contribution in [0.4, 0.5) is 0 Å². The molecule has 3 aliphatic rings. The molecule has 3 fully saturated rings. The van der Waals surface area contributed by atoms with Gasteiger partial charge in [-0.15, -0.1) is 6.58 Å². The first-order valence-corrected chi connectivity index (χ1v) is 8.70. The lowest BCUT2D eigenvalue weighted by Gasteiger charge is -2.50. The molecule has 3 heterocycles. The maximum Gasteiger partial charge on any atom is 0.119 e. The minimum Gasteiger partial charge on any atom is -0.497 e. The molecule has 1 spiro atoms. The summed E-state index contributed by atoms with van der Waals surface area (Å²) in [6.07, 6.45) is 5.73. The highest BCUT2D eigenvalue weighted by Crippen LogP contribution is 2.71. The largest absolute Gasteiger partial charge is 0.497 e. The molecular formula is C20H22N2O2. The van der Waals surface area contributed by atoms with Gasteiger partial charge in [-0.1, -0.05) is 6.08 Å². The predicted molar refractivity (Wildman–Crippen MR) is 92.9 cm³/mol. The fourth-order valence-corrected chi connectivity index (χ4v) is 5.46. The van der Waals surface area contributed by atoms with Crippen molar-refractivity contribution in [2.45, 2.75) is 30.5 Å². The Kier molecular flexibility index (Phi) is 2.89. The lowest BCUT2D eigenvalue weighted by atomic mass is 9.82. The highest BCUT2D eigenvalue weighted by atomic mass is 16.5. The van der Waals surface area contributed by atoms with E-state index in [0.717, 1.165) is 41.1 Å². The number of methoxy groups -OCH3 is 1. The average molecular weight is 322 g/mol. The van der Waals surface area contributed by atoms with E-state index in [0.29, 0.717) is 11.5 Å². The molecule has 1 N–H and O–H groups in total. The number of aliphatic hydroxyl groups is 1. The Hall–Kier alpha value is -1.91. The van der Waals surface area contributed by atoms with Crippen LogP contribution in [0.5, 0.6) is 5.75 Å².